The van der Waals surface area contributed by atoms with E-state index in [1.807, 2.05) is 27.7 Å². The van der Waals surface area contributed by atoms with Gasteiger partial charge in [-0.15, -0.1) is 0 Å². The predicted molar refractivity (Wildman–Crippen MR) is 177 cm³/mol. The van der Waals surface area contributed by atoms with Crippen molar-refractivity contribution in [3.63, 3.8) is 0 Å². The number of benzene rings is 2. The fraction of sp³-hybridized carbons (Fsp3) is 0.486. The van der Waals surface area contributed by atoms with Crippen LogP contribution in [0, 0.1) is 17.7 Å². The van der Waals surface area contributed by atoms with Crippen molar-refractivity contribution in [2.45, 2.75) is 86.9 Å². The number of aromatic nitrogens is 2. The number of nitrogens with one attached hydrogen (secondary N) is 1. The molecule has 1 amide bonds. The third-order valence-corrected chi connectivity index (χ3v) is 7.99. The van der Waals surface area contributed by atoms with Crippen molar-refractivity contribution < 1.29 is 28.2 Å². The molecule has 45 heavy (non-hydrogen) atoms. The Balaban J connectivity index is 1.92. The van der Waals surface area contributed by atoms with Crippen LogP contribution in [0.3, 0.4) is 0 Å². The van der Waals surface area contributed by atoms with Gasteiger partial charge in [-0.2, -0.15) is 4.98 Å². The van der Waals surface area contributed by atoms with Gasteiger partial charge in [-0.05, 0) is 69.7 Å². The lowest BCUT2D eigenvalue weighted by Crippen LogP contribution is -2.33. The minimum atomic E-state index is -0.667. The molecule has 0 radical (unpaired) electrons. The van der Waals surface area contributed by atoms with E-state index in [2.05, 4.69) is 10.3 Å². The van der Waals surface area contributed by atoms with E-state index in [9.17, 15) is 14.4 Å². The summed E-state index contributed by atoms with van der Waals surface area (Å²) in [6.07, 6.45) is 1.25. The molecule has 0 fully saturated rings. The zero-order chi connectivity index (χ0) is 33.3. The Bertz CT molecular complexity index is 1490. The van der Waals surface area contributed by atoms with Crippen LogP contribution in [0.1, 0.15) is 89.1 Å². The molecule has 0 aliphatic rings. The number of carbonyl (C=O) groups excluding carboxylic acids is 3. The Morgan fingerprint density at radius 1 is 1.09 bits per heavy atom. The summed E-state index contributed by atoms with van der Waals surface area (Å²) in [6.45, 7) is 15.5. The summed E-state index contributed by atoms with van der Waals surface area (Å²) in [5.74, 6) is -0.676. The number of hydrogen-bond donors (Lipinski definition) is 1. The number of esters is 1. The van der Waals surface area contributed by atoms with E-state index in [4.69, 9.17) is 9.47 Å². The van der Waals surface area contributed by atoms with Crippen LogP contribution in [0.5, 0.6) is 6.01 Å². The standard InChI is InChI=1S/C35H46FN3O5S/c1-9-30-31(19-37-32(41)26(17-22(3)4)21-45-23(5)40)39(34(38-30)43-10-2)20-25-16-15-24(18-29(25)36)27-13-11-12-14-28(27)33(42)44-35(6,7)8/h11-16,18,22,26H,9-10,17,19-21H2,1-8H3,(H,37,41)/t26-/m1/s1. The number of aryl methyl sites for hydroxylation is 1. The van der Waals surface area contributed by atoms with Crippen LogP contribution >= 0.6 is 11.8 Å². The summed E-state index contributed by atoms with van der Waals surface area (Å²) < 4.78 is 29.0. The molecular weight excluding hydrogens is 593 g/mol. The lowest BCUT2D eigenvalue weighted by atomic mass is 9.98. The second kappa shape index (κ2) is 16.1. The minimum absolute atomic E-state index is 0.0226. The van der Waals surface area contributed by atoms with Crippen LogP contribution in [0.25, 0.3) is 11.1 Å². The number of thioether (sulfide) groups is 1. The molecule has 3 aromatic rings. The molecule has 3 rings (SSSR count). The lowest BCUT2D eigenvalue weighted by Gasteiger charge is -2.20. The van der Waals surface area contributed by atoms with Crippen LogP contribution in [0.15, 0.2) is 42.5 Å². The summed E-state index contributed by atoms with van der Waals surface area (Å²) in [4.78, 5) is 42.4. The third kappa shape index (κ3) is 10.2. The summed E-state index contributed by atoms with van der Waals surface area (Å²) >= 11 is 1.16. The van der Waals surface area contributed by atoms with Gasteiger partial charge in [0.25, 0.3) is 6.01 Å². The average Bonchev–Trinajstić information content (AvgIpc) is 3.29. The fourth-order valence-corrected chi connectivity index (χ4v) is 5.73. The number of rotatable bonds is 14. The SMILES string of the molecule is CCOc1nc(CC)c(CNC(=O)[C@@H](CSC(C)=O)CC(C)C)n1Cc1ccc(-c2ccccc2C(=O)OC(C)(C)C)cc1F. The van der Waals surface area contributed by atoms with Crippen molar-refractivity contribution >= 4 is 28.8 Å². The van der Waals surface area contributed by atoms with E-state index in [1.54, 1.807) is 61.7 Å². The highest BCUT2D eigenvalue weighted by Crippen LogP contribution is 2.29. The van der Waals surface area contributed by atoms with Crippen molar-refractivity contribution in [1.29, 1.82) is 0 Å². The Hall–Kier alpha value is -3.66. The maximum Gasteiger partial charge on any atom is 0.339 e. The number of carbonyl (C=O) groups is 3. The first-order valence-electron chi connectivity index (χ1n) is 15.5. The van der Waals surface area contributed by atoms with Crippen molar-refractivity contribution in [3.05, 3.63) is 70.8 Å². The van der Waals surface area contributed by atoms with Crippen molar-refractivity contribution in [3.8, 4) is 17.1 Å². The van der Waals surface area contributed by atoms with Crippen LogP contribution in [-0.2, 0) is 33.8 Å². The quantitative estimate of drug-likeness (QED) is 0.186. The van der Waals surface area contributed by atoms with Gasteiger partial charge in [0.15, 0.2) is 5.12 Å². The largest absolute Gasteiger partial charge is 0.465 e. The number of nitrogens with zero attached hydrogens (tertiary/aromatic N) is 2. The van der Waals surface area contributed by atoms with Crippen molar-refractivity contribution in [2.24, 2.45) is 11.8 Å². The lowest BCUT2D eigenvalue weighted by molar-refractivity contribution is -0.125. The van der Waals surface area contributed by atoms with E-state index in [1.165, 1.54) is 13.0 Å². The fourth-order valence-electron chi connectivity index (χ4n) is 5.01. The topological polar surface area (TPSA) is 99.5 Å². The summed E-state index contributed by atoms with van der Waals surface area (Å²) in [6, 6.07) is 12.2. The molecule has 0 spiro atoms. The first-order valence-corrected chi connectivity index (χ1v) is 16.5. The summed E-state index contributed by atoms with van der Waals surface area (Å²) in [7, 11) is 0. The molecule has 2 aromatic carbocycles. The molecule has 0 aliphatic carbocycles. The molecule has 0 saturated carbocycles. The van der Waals surface area contributed by atoms with Crippen LogP contribution in [-0.4, -0.2) is 44.5 Å². The van der Waals surface area contributed by atoms with Gasteiger partial charge in [-0.3, -0.25) is 14.2 Å². The van der Waals surface area contributed by atoms with Gasteiger partial charge < -0.3 is 14.8 Å². The second-order valence-corrected chi connectivity index (χ2v) is 13.6. The number of hydrogen-bond acceptors (Lipinski definition) is 7. The number of halogens is 1. The zero-order valence-corrected chi connectivity index (χ0v) is 28.5. The molecule has 0 bridgehead atoms. The number of amides is 1. The molecule has 0 unspecified atom stereocenters. The van der Waals surface area contributed by atoms with Crippen LogP contribution in [0.2, 0.25) is 0 Å². The molecule has 1 aromatic heterocycles. The van der Waals surface area contributed by atoms with Crippen molar-refractivity contribution in [2.75, 3.05) is 12.4 Å². The van der Waals surface area contributed by atoms with E-state index >= 15 is 4.39 Å². The molecule has 1 heterocycles. The molecule has 0 saturated heterocycles. The molecular formula is C35H46FN3O5S. The highest BCUT2D eigenvalue weighted by molar-refractivity contribution is 8.13. The van der Waals surface area contributed by atoms with Gasteiger partial charge in [0.1, 0.15) is 11.4 Å². The third-order valence-electron chi connectivity index (χ3n) is 7.01. The highest BCUT2D eigenvalue weighted by Gasteiger charge is 2.25. The minimum Gasteiger partial charge on any atom is -0.465 e. The maximum absolute atomic E-state index is 15.8. The monoisotopic (exact) mass is 639 g/mol. The average molecular weight is 640 g/mol. The van der Waals surface area contributed by atoms with Crippen molar-refractivity contribution in [1.82, 2.24) is 14.9 Å². The Morgan fingerprint density at radius 3 is 2.40 bits per heavy atom. The van der Waals surface area contributed by atoms with E-state index in [0.29, 0.717) is 53.5 Å². The Labute approximate surface area is 270 Å². The smallest absolute Gasteiger partial charge is 0.339 e. The zero-order valence-electron chi connectivity index (χ0n) is 27.7. The first-order chi connectivity index (χ1) is 21.2. The molecule has 10 heteroatoms. The van der Waals surface area contributed by atoms with Crippen LogP contribution < -0.4 is 10.1 Å². The van der Waals surface area contributed by atoms with Gasteiger partial charge >= 0.3 is 5.97 Å². The number of imidazole rings is 1. The van der Waals surface area contributed by atoms with Gasteiger partial charge in [0.05, 0.1) is 36.6 Å². The van der Waals surface area contributed by atoms with E-state index < -0.39 is 17.4 Å². The normalized spacial score (nSPS) is 12.2. The second-order valence-electron chi connectivity index (χ2n) is 12.4. The first kappa shape index (κ1) is 35.8. The summed E-state index contributed by atoms with van der Waals surface area (Å²) in [5.41, 5.74) is 2.70. The summed E-state index contributed by atoms with van der Waals surface area (Å²) in [5, 5.41) is 3.02. The van der Waals surface area contributed by atoms with Gasteiger partial charge in [-0.1, -0.05) is 62.9 Å². The molecule has 1 atom stereocenters. The molecule has 0 aliphatic heterocycles. The highest BCUT2D eigenvalue weighted by atomic mass is 32.2. The maximum atomic E-state index is 15.8. The molecule has 1 N–H and O–H groups in total. The van der Waals surface area contributed by atoms with E-state index in [0.717, 1.165) is 23.1 Å². The van der Waals surface area contributed by atoms with E-state index in [-0.39, 0.29) is 35.9 Å². The van der Waals surface area contributed by atoms with Gasteiger partial charge in [0, 0.05) is 24.2 Å². The predicted octanol–water partition coefficient (Wildman–Crippen LogP) is 7.21. The Kier molecular flexibility index (Phi) is 12.8. The Morgan fingerprint density at radius 2 is 1.80 bits per heavy atom. The van der Waals surface area contributed by atoms with Gasteiger partial charge in [-0.25, -0.2) is 9.18 Å². The van der Waals surface area contributed by atoms with Gasteiger partial charge in [0.2, 0.25) is 5.91 Å². The molecule has 244 valence electrons. The molecule has 8 nitrogen and oxygen atoms in total. The number of ether oxygens (including phenoxy) is 2. The van der Waals surface area contributed by atoms with Crippen LogP contribution in [0.4, 0.5) is 4.39 Å².